The lowest BCUT2D eigenvalue weighted by Gasteiger charge is -2.38. The van der Waals surface area contributed by atoms with E-state index in [0.29, 0.717) is 16.7 Å². The van der Waals surface area contributed by atoms with Gasteiger partial charge in [-0.15, -0.1) is 0 Å². The highest BCUT2D eigenvalue weighted by Gasteiger charge is 2.49. The third-order valence-electron chi connectivity index (χ3n) is 6.51. The maximum Gasteiger partial charge on any atom is 0.259 e. The molecular weight excluding hydrogens is 545 g/mol. The number of hydrogen-bond donors (Lipinski definition) is 1. The Hall–Kier alpha value is -3.04. The number of rotatable bonds is 13. The summed E-state index contributed by atoms with van der Waals surface area (Å²) in [6.45, 7) is 17.0. The van der Waals surface area contributed by atoms with E-state index in [1.807, 2.05) is 33.8 Å². The Morgan fingerprint density at radius 1 is 1.22 bits per heavy atom. The lowest BCUT2D eigenvalue weighted by molar-refractivity contribution is -0.0494. The minimum absolute atomic E-state index is 0.0498. The first-order valence-corrected chi connectivity index (χ1v) is 14.5. The third-order valence-corrected chi connectivity index (χ3v) is 8.64. The van der Waals surface area contributed by atoms with E-state index < -0.39 is 39.4 Å². The Balaban J connectivity index is 1.68. The zero-order chi connectivity index (χ0) is 31.3. The van der Waals surface area contributed by atoms with Crippen molar-refractivity contribution in [2.24, 2.45) is 0 Å². The van der Waals surface area contributed by atoms with Gasteiger partial charge in [0, 0.05) is 27.5 Å². The minimum Gasteiger partial charge on any atom is -0.374 e. The number of methoxy groups -OCH3 is 1. The zero-order valence-corrected chi connectivity index (χ0v) is 25.0. The van der Waals surface area contributed by atoms with Crippen molar-refractivity contribution in [2.45, 2.75) is 77.6 Å². The lowest BCUT2D eigenvalue weighted by Crippen LogP contribution is -2.39. The predicted octanol–water partition coefficient (Wildman–Crippen LogP) is 5.07. The summed E-state index contributed by atoms with van der Waals surface area (Å²) in [6.07, 6.45) is -2.60. The molecule has 2 aromatic heterocycles. The fourth-order valence-electron chi connectivity index (χ4n) is 4.75. The number of nitrogens with zero attached hydrogens (tertiary/aromatic N) is 6. The van der Waals surface area contributed by atoms with Crippen molar-refractivity contribution in [3.8, 4) is 0 Å². The molecule has 1 amide bonds. The molecule has 2 unspecified atom stereocenters. The number of amides is 1. The van der Waals surface area contributed by atoms with Gasteiger partial charge < -0.3 is 28.7 Å². The van der Waals surface area contributed by atoms with Crippen LogP contribution in [-0.2, 0) is 18.5 Å². The molecule has 220 valence electrons. The van der Waals surface area contributed by atoms with Crippen molar-refractivity contribution in [1.29, 1.82) is 0 Å². The minimum atomic E-state index is -1.83. The van der Waals surface area contributed by atoms with Crippen LogP contribution in [0, 0.1) is 6.57 Å². The topological polar surface area (TPSA) is 117 Å². The first kappa shape index (κ1) is 28.1. The first-order chi connectivity index (χ1) is 20.5. The number of carbonyl (C=O) groups is 1. The van der Waals surface area contributed by atoms with Gasteiger partial charge in [0.2, 0.25) is 6.54 Å². The number of hydrogen-bond acceptors (Lipinski definition) is 9. The van der Waals surface area contributed by atoms with E-state index in [1.165, 1.54) is 26.7 Å². The van der Waals surface area contributed by atoms with Crippen molar-refractivity contribution in [1.82, 2.24) is 24.2 Å². The zero-order valence-electron chi connectivity index (χ0n) is 26.1. The molecule has 12 nitrogen and oxygen atoms in total. The molecule has 1 aliphatic rings. The standard InChI is InChI=1S/C28H38N7O5P/c1-8-21-23(40-41(38-15-14-29-6)35(18(2)3)19(4)5)24(37-7)28(39-21)34-17-32-22-25(30-16-31-26(22)34)33-27(36)20-12-10-9-11-13-20/h9-13,16-19,21,23-24,28H,8,14-15H2,1-5,7H3,(H,30,31,33,36)/t21-,23+,24?,28-,41?/m1/s1/i8D2. The van der Waals surface area contributed by atoms with Crippen LogP contribution in [0.1, 0.15) is 60.3 Å². The lowest BCUT2D eigenvalue weighted by atomic mass is 10.1. The van der Waals surface area contributed by atoms with Gasteiger partial charge in [0.05, 0.1) is 12.4 Å². The van der Waals surface area contributed by atoms with Gasteiger partial charge in [-0.2, -0.15) is 0 Å². The Kier molecular flexibility index (Phi) is 9.75. The largest absolute Gasteiger partial charge is 0.374 e. The second kappa shape index (κ2) is 14.2. The van der Waals surface area contributed by atoms with Gasteiger partial charge >= 0.3 is 0 Å². The van der Waals surface area contributed by atoms with Gasteiger partial charge in [-0.1, -0.05) is 25.1 Å². The predicted molar refractivity (Wildman–Crippen MR) is 156 cm³/mol. The Labute approximate surface area is 245 Å². The highest BCUT2D eigenvalue weighted by atomic mass is 31.2. The Morgan fingerprint density at radius 2 is 1.95 bits per heavy atom. The van der Waals surface area contributed by atoms with Crippen LogP contribution in [0.25, 0.3) is 16.0 Å². The number of aromatic nitrogens is 4. The Morgan fingerprint density at radius 3 is 2.59 bits per heavy atom. The normalized spacial score (nSPS) is 22.6. The Bertz CT molecular complexity index is 1410. The van der Waals surface area contributed by atoms with E-state index in [-0.39, 0.29) is 37.0 Å². The molecule has 1 aliphatic heterocycles. The summed E-state index contributed by atoms with van der Waals surface area (Å²) in [6, 6.07) is 8.85. The van der Waals surface area contributed by atoms with Crippen molar-refractivity contribution in [3.63, 3.8) is 0 Å². The van der Waals surface area contributed by atoms with Crippen LogP contribution in [0.2, 0.25) is 0 Å². The number of benzene rings is 1. The fourth-order valence-corrected chi connectivity index (χ4v) is 6.49. The van der Waals surface area contributed by atoms with Crippen LogP contribution in [0.5, 0.6) is 0 Å². The quantitative estimate of drug-likeness (QED) is 0.167. The summed E-state index contributed by atoms with van der Waals surface area (Å²) in [5.74, 6) is -0.123. The molecule has 0 saturated carbocycles. The summed E-state index contributed by atoms with van der Waals surface area (Å²) in [5, 5.41) is 2.79. The number of nitrogens with one attached hydrogen (secondary N) is 1. The first-order valence-electron chi connectivity index (χ1n) is 14.4. The van der Waals surface area contributed by atoms with Crippen LogP contribution >= 0.6 is 8.53 Å². The summed E-state index contributed by atoms with van der Waals surface area (Å²) >= 11 is 0. The molecule has 5 atom stereocenters. The smallest absolute Gasteiger partial charge is 0.259 e. The van der Waals surface area contributed by atoms with Crippen LogP contribution < -0.4 is 5.32 Å². The second-order valence-electron chi connectivity index (χ2n) is 9.89. The molecule has 4 rings (SSSR count). The van der Waals surface area contributed by atoms with Crippen LogP contribution in [0.3, 0.4) is 0 Å². The van der Waals surface area contributed by atoms with Crippen molar-refractivity contribution < 1.29 is 26.1 Å². The monoisotopic (exact) mass is 585 g/mol. The molecule has 1 aromatic carbocycles. The average Bonchev–Trinajstić information content (AvgIpc) is 3.55. The van der Waals surface area contributed by atoms with Gasteiger partial charge in [0.1, 0.15) is 25.1 Å². The number of ether oxygens (including phenoxy) is 2. The summed E-state index contributed by atoms with van der Waals surface area (Å²) in [4.78, 5) is 29.3. The van der Waals surface area contributed by atoms with Crippen molar-refractivity contribution >= 4 is 31.4 Å². The van der Waals surface area contributed by atoms with Gasteiger partial charge in [-0.05, 0) is 46.2 Å². The number of fused-ring (bicyclic) bond motifs is 1. The summed E-state index contributed by atoms with van der Waals surface area (Å²) < 4.78 is 45.9. The van der Waals surface area contributed by atoms with E-state index in [0.717, 1.165) is 0 Å². The third kappa shape index (κ3) is 6.89. The maximum absolute atomic E-state index is 12.8. The second-order valence-corrected chi connectivity index (χ2v) is 11.3. The number of carbonyl (C=O) groups excluding carboxylic acids is 1. The van der Waals surface area contributed by atoms with E-state index >= 15 is 0 Å². The molecule has 1 saturated heterocycles. The van der Waals surface area contributed by atoms with Gasteiger partial charge in [-0.25, -0.2) is 26.2 Å². The highest BCUT2D eigenvalue weighted by molar-refractivity contribution is 7.44. The SMILES string of the molecule is [2H]C([2H])(C)[C@H]1O[C@@H](n2cnc3c(NC(=O)c4ccccc4)ncnc32)C(OC)[C@H]1OP(OCC[N+]#[C-])N(C(C)C)C(C)C. The van der Waals surface area contributed by atoms with Crippen LogP contribution in [0.15, 0.2) is 43.0 Å². The summed E-state index contributed by atoms with van der Waals surface area (Å²) in [7, 11) is -0.206. The molecule has 41 heavy (non-hydrogen) atoms. The van der Waals surface area contributed by atoms with Crippen LogP contribution in [0.4, 0.5) is 5.82 Å². The fraction of sp³-hybridized carbons (Fsp3) is 0.536. The molecule has 13 heteroatoms. The highest BCUT2D eigenvalue weighted by Crippen LogP contribution is 2.50. The van der Waals surface area contributed by atoms with Gasteiger partial charge in [0.25, 0.3) is 14.4 Å². The van der Waals surface area contributed by atoms with Gasteiger partial charge in [0.15, 0.2) is 23.2 Å². The molecular formula is C28H38N7O5P. The van der Waals surface area contributed by atoms with E-state index in [9.17, 15) is 4.79 Å². The molecule has 1 N–H and O–H groups in total. The van der Waals surface area contributed by atoms with Gasteiger partial charge in [-0.3, -0.25) is 9.36 Å². The van der Waals surface area contributed by atoms with Crippen molar-refractivity contribution in [3.05, 3.63) is 60.0 Å². The number of imidazole rings is 1. The van der Waals surface area contributed by atoms with E-state index in [4.69, 9.17) is 27.8 Å². The van der Waals surface area contributed by atoms with E-state index in [1.54, 1.807) is 28.8 Å². The van der Waals surface area contributed by atoms with Crippen molar-refractivity contribution in [2.75, 3.05) is 25.6 Å². The average molecular weight is 586 g/mol. The number of anilines is 1. The molecule has 0 aliphatic carbocycles. The maximum atomic E-state index is 12.8. The molecule has 3 heterocycles. The summed E-state index contributed by atoms with van der Waals surface area (Å²) in [5.41, 5.74) is 1.16. The molecule has 0 radical (unpaired) electrons. The molecule has 0 spiro atoms. The van der Waals surface area contributed by atoms with E-state index in [2.05, 4.69) is 29.8 Å². The molecule has 3 aromatic rings. The van der Waals surface area contributed by atoms with Crippen LogP contribution in [-0.4, -0.2) is 80.8 Å². The molecule has 0 bridgehead atoms. The molecule has 1 fully saturated rings.